The minimum atomic E-state index is -3.10. The number of carbonyl (C=O) groups excluding carboxylic acids is 2. The van der Waals surface area contributed by atoms with Gasteiger partial charge >= 0.3 is 0 Å². The van der Waals surface area contributed by atoms with Crippen LogP contribution in [0.2, 0.25) is 0 Å². The third-order valence-corrected chi connectivity index (χ3v) is 7.01. The van der Waals surface area contributed by atoms with Gasteiger partial charge < -0.3 is 20.9 Å². The summed E-state index contributed by atoms with van der Waals surface area (Å²) in [6.45, 7) is 4.94. The van der Waals surface area contributed by atoms with Crippen molar-refractivity contribution in [3.8, 4) is 11.1 Å². The Morgan fingerprint density at radius 2 is 1.69 bits per heavy atom. The molecule has 8 nitrogen and oxygen atoms in total. The maximum Gasteiger partial charge on any atom is 0.264 e. The first-order chi connectivity index (χ1) is 18.4. The zero-order valence-electron chi connectivity index (χ0n) is 21.4. The molecule has 1 fully saturated rings. The third kappa shape index (κ3) is 5.65. The molecule has 0 bridgehead atoms. The molecule has 4 rings (SSSR count). The van der Waals surface area contributed by atoms with E-state index in [1.54, 1.807) is 0 Å². The number of H-pyrrole nitrogens is 1. The molecule has 1 aromatic heterocycles. The van der Waals surface area contributed by atoms with Crippen molar-refractivity contribution in [2.24, 2.45) is 5.73 Å². The van der Waals surface area contributed by atoms with Gasteiger partial charge in [0.2, 0.25) is 5.56 Å². The molecule has 2 aromatic carbocycles. The van der Waals surface area contributed by atoms with Crippen LogP contribution in [0.1, 0.15) is 46.6 Å². The Kier molecular flexibility index (Phi) is 7.77. The lowest BCUT2D eigenvalue weighted by atomic mass is 9.99. The topological polar surface area (TPSA) is 112 Å². The zero-order valence-corrected chi connectivity index (χ0v) is 21.4. The fourth-order valence-electron chi connectivity index (χ4n) is 4.68. The number of aromatic amines is 1. The van der Waals surface area contributed by atoms with Crippen LogP contribution in [0, 0.1) is 11.6 Å². The Morgan fingerprint density at radius 3 is 2.31 bits per heavy atom. The van der Waals surface area contributed by atoms with Crippen LogP contribution in [0.4, 0.5) is 28.9 Å². The van der Waals surface area contributed by atoms with Crippen molar-refractivity contribution < 1.29 is 27.2 Å². The Bertz CT molecular complexity index is 1480. The van der Waals surface area contributed by atoms with Crippen molar-refractivity contribution in [2.75, 3.05) is 30.4 Å². The van der Waals surface area contributed by atoms with Crippen molar-refractivity contribution in [2.45, 2.75) is 32.4 Å². The van der Waals surface area contributed by atoms with Crippen LogP contribution < -0.4 is 21.5 Å². The van der Waals surface area contributed by atoms with Crippen LogP contribution in [-0.4, -0.2) is 53.9 Å². The summed E-state index contributed by atoms with van der Waals surface area (Å²) in [5.74, 6) is -3.60. The number of hydrogen-bond acceptors (Lipinski definition) is 5. The summed E-state index contributed by atoms with van der Waals surface area (Å²) in [6, 6.07) is 6.59. The molecule has 0 saturated carbocycles. The minimum absolute atomic E-state index is 0.0693. The number of hydrogen-bond donors (Lipinski definition) is 3. The number of nitrogens with one attached hydrogen (secondary N) is 2. The molecular formula is C27H27F4N5O3. The monoisotopic (exact) mass is 545 g/mol. The molecule has 2 amide bonds. The quantitative estimate of drug-likeness (QED) is 0.404. The van der Waals surface area contributed by atoms with Gasteiger partial charge in [-0.25, -0.2) is 17.6 Å². The van der Waals surface area contributed by atoms with Gasteiger partial charge in [0.15, 0.2) is 0 Å². The highest BCUT2D eigenvalue weighted by atomic mass is 19.3. The number of halogens is 4. The average Bonchev–Trinajstić information content (AvgIpc) is 2.87. The van der Waals surface area contributed by atoms with E-state index in [4.69, 9.17) is 5.73 Å². The van der Waals surface area contributed by atoms with Crippen molar-refractivity contribution in [3.63, 3.8) is 0 Å². The van der Waals surface area contributed by atoms with Crippen LogP contribution in [0.3, 0.4) is 0 Å². The smallest absolute Gasteiger partial charge is 0.264 e. The number of aromatic nitrogens is 1. The zero-order chi connectivity index (χ0) is 28.6. The summed E-state index contributed by atoms with van der Waals surface area (Å²) in [5.41, 5.74) is 3.21. The molecule has 0 aliphatic carbocycles. The fraction of sp³-hybridized carbons (Fsp3) is 0.296. The number of primary amides is 1. The molecular weight excluding hydrogens is 518 g/mol. The molecule has 4 N–H and O–H groups in total. The van der Waals surface area contributed by atoms with Gasteiger partial charge in [-0.2, -0.15) is 0 Å². The van der Waals surface area contributed by atoms with E-state index in [-0.39, 0.29) is 28.9 Å². The molecule has 1 saturated heterocycles. The summed E-state index contributed by atoms with van der Waals surface area (Å²) in [5, 5.41) is 2.58. The number of amides is 2. The first-order valence-electron chi connectivity index (χ1n) is 12.1. The Balaban J connectivity index is 1.84. The van der Waals surface area contributed by atoms with Crippen molar-refractivity contribution in [1.82, 2.24) is 9.88 Å². The number of nitrogens with zero attached hydrogens (tertiary/aromatic N) is 2. The Hall–Kier alpha value is -4.19. The van der Waals surface area contributed by atoms with Crippen LogP contribution in [0.5, 0.6) is 0 Å². The van der Waals surface area contributed by atoms with E-state index >= 15 is 4.39 Å². The fourth-order valence-corrected chi connectivity index (χ4v) is 4.68. The first-order valence-corrected chi connectivity index (χ1v) is 12.1. The van der Waals surface area contributed by atoms with E-state index in [0.29, 0.717) is 24.8 Å². The molecule has 0 radical (unpaired) electrons. The highest BCUT2D eigenvalue weighted by Gasteiger charge is 2.30. The second-order valence-corrected chi connectivity index (χ2v) is 9.60. The lowest BCUT2D eigenvalue weighted by Crippen LogP contribution is -2.55. The van der Waals surface area contributed by atoms with Crippen LogP contribution in [0.15, 0.2) is 47.4 Å². The standard InChI is InChI=1S/C27H27F4N5O3/c1-13-11-36(12-14(2)35(13)3)23-9-21(29)16(15-4-5-20(28)18(6-15)26(32)38)7-22(23)34-27(39)19-10-33-24(37)8-17(19)25(30)31/h4-10,13-14,25H,11-12H2,1-3H3,(H2,32,38)(H,33,37)(H,34,39)/t13-,14+. The third-order valence-electron chi connectivity index (χ3n) is 7.01. The van der Waals surface area contributed by atoms with Gasteiger partial charge in [-0.15, -0.1) is 0 Å². The molecule has 0 spiro atoms. The summed E-state index contributed by atoms with van der Waals surface area (Å²) in [6.07, 6.45) is -2.20. The molecule has 12 heteroatoms. The largest absolute Gasteiger partial charge is 0.367 e. The summed E-state index contributed by atoms with van der Waals surface area (Å²) in [7, 11) is 1.96. The number of piperazine rings is 1. The number of benzene rings is 2. The van der Waals surface area contributed by atoms with Crippen molar-refractivity contribution in [1.29, 1.82) is 0 Å². The minimum Gasteiger partial charge on any atom is -0.367 e. The second-order valence-electron chi connectivity index (χ2n) is 9.60. The van der Waals surface area contributed by atoms with Gasteiger partial charge in [0, 0.05) is 48.6 Å². The molecule has 3 aromatic rings. The molecule has 0 unspecified atom stereocenters. The molecule has 1 aliphatic heterocycles. The van der Waals surface area contributed by atoms with Gasteiger partial charge in [-0.05, 0) is 50.7 Å². The molecule has 2 heterocycles. The predicted octanol–water partition coefficient (Wildman–Crippen LogP) is 4.14. The van der Waals surface area contributed by atoms with Crippen molar-refractivity contribution >= 4 is 23.2 Å². The maximum atomic E-state index is 15.6. The normalized spacial score (nSPS) is 17.9. The summed E-state index contributed by atoms with van der Waals surface area (Å²) < 4.78 is 56.8. The van der Waals surface area contributed by atoms with E-state index in [1.807, 2.05) is 25.8 Å². The molecule has 39 heavy (non-hydrogen) atoms. The molecule has 1 aliphatic rings. The first kappa shape index (κ1) is 27.8. The number of pyridine rings is 1. The lowest BCUT2D eigenvalue weighted by molar-refractivity contribution is 0.0993. The van der Waals surface area contributed by atoms with E-state index in [2.05, 4.69) is 15.2 Å². The lowest BCUT2D eigenvalue weighted by Gasteiger charge is -2.44. The average molecular weight is 546 g/mol. The number of nitrogens with two attached hydrogens (primary N) is 1. The Labute approximate surface area is 221 Å². The van der Waals surface area contributed by atoms with E-state index in [9.17, 15) is 27.6 Å². The van der Waals surface area contributed by atoms with E-state index < -0.39 is 52.1 Å². The number of rotatable bonds is 6. The predicted molar refractivity (Wildman–Crippen MR) is 139 cm³/mol. The van der Waals surface area contributed by atoms with Gasteiger partial charge in [0.25, 0.3) is 18.2 Å². The molecule has 2 atom stereocenters. The van der Waals surface area contributed by atoms with Crippen LogP contribution in [0.25, 0.3) is 11.1 Å². The van der Waals surface area contributed by atoms with Gasteiger partial charge in [-0.3, -0.25) is 19.3 Å². The van der Waals surface area contributed by atoms with E-state index in [0.717, 1.165) is 18.3 Å². The molecule has 206 valence electrons. The number of anilines is 2. The second kappa shape index (κ2) is 10.9. The Morgan fingerprint density at radius 1 is 1.03 bits per heavy atom. The van der Waals surface area contributed by atoms with Gasteiger partial charge in [0.05, 0.1) is 22.5 Å². The highest BCUT2D eigenvalue weighted by molar-refractivity contribution is 6.07. The van der Waals surface area contributed by atoms with Crippen molar-refractivity contribution in [3.05, 3.63) is 81.3 Å². The SMILES string of the molecule is C[C@@H]1CN(c2cc(F)c(-c3ccc(F)c(C(N)=O)c3)cc2NC(=O)c2c[nH]c(=O)cc2C(F)F)C[C@H](C)N1C. The summed E-state index contributed by atoms with van der Waals surface area (Å²) in [4.78, 5) is 42.7. The number of likely N-dealkylation sites (N-methyl/N-ethyl adjacent to an activating group) is 1. The van der Waals surface area contributed by atoms with Gasteiger partial charge in [-0.1, -0.05) is 6.07 Å². The van der Waals surface area contributed by atoms with Crippen LogP contribution in [-0.2, 0) is 0 Å². The summed E-state index contributed by atoms with van der Waals surface area (Å²) >= 11 is 0. The highest BCUT2D eigenvalue weighted by Crippen LogP contribution is 2.37. The van der Waals surface area contributed by atoms with Crippen LogP contribution >= 0.6 is 0 Å². The maximum absolute atomic E-state index is 15.6. The number of carbonyl (C=O) groups is 2. The number of alkyl halides is 2. The van der Waals surface area contributed by atoms with E-state index in [1.165, 1.54) is 18.2 Å². The van der Waals surface area contributed by atoms with Gasteiger partial charge in [0.1, 0.15) is 11.6 Å².